The first-order valence-electron chi connectivity index (χ1n) is 7.13. The maximum absolute atomic E-state index is 9.81. The van der Waals surface area contributed by atoms with Gasteiger partial charge in [-0.25, -0.2) is 10.4 Å². The molecule has 2 rings (SSSR count). The maximum atomic E-state index is 9.81. The molecule has 17 heavy (non-hydrogen) atoms. The summed E-state index contributed by atoms with van der Waals surface area (Å²) in [6.45, 7) is 3.53. The molecule has 1 aliphatic heterocycles. The quantitative estimate of drug-likeness (QED) is 0.581. The van der Waals surface area contributed by atoms with E-state index < -0.39 is 6.29 Å². The van der Waals surface area contributed by atoms with Crippen molar-refractivity contribution < 1.29 is 9.84 Å². The first-order valence-corrected chi connectivity index (χ1v) is 7.13. The summed E-state index contributed by atoms with van der Waals surface area (Å²) in [5, 5.41) is 12.2. The van der Waals surface area contributed by atoms with Crippen LogP contribution >= 0.6 is 0 Å². The topological polar surface area (TPSA) is 44.7 Å². The number of aliphatic hydroxyl groups is 1. The largest absolute Gasteiger partial charge is 0.367 e. The highest BCUT2D eigenvalue weighted by molar-refractivity contribution is 4.82. The van der Waals surface area contributed by atoms with Crippen molar-refractivity contribution in [3.05, 3.63) is 0 Å². The van der Waals surface area contributed by atoms with Crippen molar-refractivity contribution in [2.24, 2.45) is 0 Å². The van der Waals surface area contributed by atoms with Gasteiger partial charge in [0.2, 0.25) is 0 Å². The molecular weight excluding hydrogens is 216 g/mol. The van der Waals surface area contributed by atoms with E-state index in [4.69, 9.17) is 4.74 Å². The SMILES string of the molecule is CCOC(O)C1CCN(C2CCCCCC2)N1. The molecule has 0 aromatic carbocycles. The smallest absolute Gasteiger partial charge is 0.171 e. The fraction of sp³-hybridized carbons (Fsp3) is 1.00. The van der Waals surface area contributed by atoms with Gasteiger partial charge >= 0.3 is 0 Å². The molecule has 4 heteroatoms. The van der Waals surface area contributed by atoms with Gasteiger partial charge < -0.3 is 9.84 Å². The van der Waals surface area contributed by atoms with Gasteiger partial charge in [0.15, 0.2) is 6.29 Å². The van der Waals surface area contributed by atoms with Crippen LogP contribution in [-0.2, 0) is 4.74 Å². The maximum Gasteiger partial charge on any atom is 0.171 e. The van der Waals surface area contributed by atoms with Gasteiger partial charge in [-0.3, -0.25) is 0 Å². The normalized spacial score (nSPS) is 30.4. The lowest BCUT2D eigenvalue weighted by Crippen LogP contribution is -2.47. The average Bonchev–Trinajstić information content (AvgIpc) is 2.66. The molecule has 0 aromatic heterocycles. The molecule has 100 valence electrons. The zero-order valence-electron chi connectivity index (χ0n) is 10.9. The van der Waals surface area contributed by atoms with Gasteiger partial charge in [0.1, 0.15) is 0 Å². The molecule has 0 aromatic rings. The molecule has 1 heterocycles. The Hall–Kier alpha value is -0.160. The lowest BCUT2D eigenvalue weighted by Gasteiger charge is -2.28. The van der Waals surface area contributed by atoms with Crippen molar-refractivity contribution in [1.29, 1.82) is 0 Å². The van der Waals surface area contributed by atoms with Crippen LogP contribution in [0.4, 0.5) is 0 Å². The zero-order chi connectivity index (χ0) is 12.1. The lowest BCUT2D eigenvalue weighted by atomic mass is 10.1. The number of hydrogen-bond acceptors (Lipinski definition) is 4. The van der Waals surface area contributed by atoms with Gasteiger partial charge in [-0.1, -0.05) is 25.7 Å². The summed E-state index contributed by atoms with van der Waals surface area (Å²) in [6.07, 6.45) is 8.39. The van der Waals surface area contributed by atoms with E-state index in [0.29, 0.717) is 12.6 Å². The van der Waals surface area contributed by atoms with Crippen LogP contribution in [0.3, 0.4) is 0 Å². The van der Waals surface area contributed by atoms with E-state index in [1.807, 2.05) is 6.92 Å². The van der Waals surface area contributed by atoms with Gasteiger partial charge in [0.05, 0.1) is 6.04 Å². The van der Waals surface area contributed by atoms with Crippen molar-refractivity contribution >= 4 is 0 Å². The molecule has 2 fully saturated rings. The summed E-state index contributed by atoms with van der Waals surface area (Å²) in [5.74, 6) is 0. The Morgan fingerprint density at radius 3 is 2.59 bits per heavy atom. The third-order valence-corrected chi connectivity index (χ3v) is 3.96. The Kier molecular flexibility index (Phi) is 5.22. The summed E-state index contributed by atoms with van der Waals surface area (Å²) in [7, 11) is 0. The molecule has 2 N–H and O–H groups in total. The minimum atomic E-state index is -0.657. The summed E-state index contributed by atoms with van der Waals surface area (Å²) >= 11 is 0. The van der Waals surface area contributed by atoms with Crippen molar-refractivity contribution in [3.63, 3.8) is 0 Å². The summed E-state index contributed by atoms with van der Waals surface area (Å²) in [4.78, 5) is 0. The molecule has 2 atom stereocenters. The second-order valence-electron chi connectivity index (χ2n) is 5.21. The molecule has 0 spiro atoms. The zero-order valence-corrected chi connectivity index (χ0v) is 10.9. The van der Waals surface area contributed by atoms with Gasteiger partial charge in [-0.05, 0) is 26.2 Å². The fourth-order valence-corrected chi connectivity index (χ4v) is 2.97. The van der Waals surface area contributed by atoms with E-state index in [1.165, 1.54) is 38.5 Å². The van der Waals surface area contributed by atoms with Crippen molar-refractivity contribution in [3.8, 4) is 0 Å². The summed E-state index contributed by atoms with van der Waals surface area (Å²) in [6, 6.07) is 0.745. The molecule has 1 saturated carbocycles. The molecule has 1 saturated heterocycles. The van der Waals surface area contributed by atoms with Crippen molar-refractivity contribution in [2.45, 2.75) is 70.2 Å². The molecule has 0 amide bonds. The number of hydrogen-bond donors (Lipinski definition) is 2. The number of aliphatic hydroxyl groups excluding tert-OH is 1. The Balaban J connectivity index is 1.79. The Bertz CT molecular complexity index is 217. The standard InChI is InChI=1S/C13H26N2O2/c1-2-17-13(16)12-9-10-15(14-12)11-7-5-3-4-6-8-11/h11-14,16H,2-10H2,1H3. The van der Waals surface area contributed by atoms with Crippen molar-refractivity contribution in [1.82, 2.24) is 10.4 Å². The second-order valence-corrected chi connectivity index (χ2v) is 5.21. The third-order valence-electron chi connectivity index (χ3n) is 3.96. The van der Waals surface area contributed by atoms with Crippen LogP contribution in [0.2, 0.25) is 0 Å². The third kappa shape index (κ3) is 3.65. The molecule has 4 nitrogen and oxygen atoms in total. The molecule has 2 unspecified atom stereocenters. The molecule has 0 radical (unpaired) electrons. The van der Waals surface area contributed by atoms with Gasteiger partial charge in [-0.2, -0.15) is 0 Å². The minimum absolute atomic E-state index is 0.0817. The van der Waals surface area contributed by atoms with Gasteiger partial charge in [0, 0.05) is 19.2 Å². The van der Waals surface area contributed by atoms with E-state index in [1.54, 1.807) is 0 Å². The van der Waals surface area contributed by atoms with E-state index in [-0.39, 0.29) is 6.04 Å². The van der Waals surface area contributed by atoms with E-state index in [9.17, 15) is 5.11 Å². The fourth-order valence-electron chi connectivity index (χ4n) is 2.97. The Morgan fingerprint density at radius 2 is 1.94 bits per heavy atom. The number of nitrogens with zero attached hydrogens (tertiary/aromatic N) is 1. The first-order chi connectivity index (χ1) is 8.31. The number of hydrazine groups is 1. The molecule has 0 bridgehead atoms. The van der Waals surface area contributed by atoms with Gasteiger partial charge in [0.25, 0.3) is 0 Å². The Labute approximate surface area is 104 Å². The number of nitrogens with one attached hydrogen (secondary N) is 1. The minimum Gasteiger partial charge on any atom is -0.367 e. The molecule has 2 aliphatic rings. The van der Waals surface area contributed by atoms with E-state index >= 15 is 0 Å². The average molecular weight is 242 g/mol. The number of ether oxygens (including phenoxy) is 1. The van der Waals surface area contributed by atoms with Crippen LogP contribution < -0.4 is 5.43 Å². The van der Waals surface area contributed by atoms with Crippen LogP contribution in [0.15, 0.2) is 0 Å². The monoisotopic (exact) mass is 242 g/mol. The highest BCUT2D eigenvalue weighted by Crippen LogP contribution is 2.24. The number of rotatable bonds is 4. The second kappa shape index (κ2) is 6.69. The van der Waals surface area contributed by atoms with Crippen LogP contribution in [0.1, 0.15) is 51.9 Å². The highest BCUT2D eigenvalue weighted by Gasteiger charge is 2.32. The van der Waals surface area contributed by atoms with E-state index in [2.05, 4.69) is 10.4 Å². The van der Waals surface area contributed by atoms with Crippen molar-refractivity contribution in [2.75, 3.05) is 13.2 Å². The van der Waals surface area contributed by atoms with Crippen LogP contribution in [0, 0.1) is 0 Å². The van der Waals surface area contributed by atoms with Crippen LogP contribution in [-0.4, -0.2) is 41.6 Å². The molecule has 1 aliphatic carbocycles. The lowest BCUT2D eigenvalue weighted by molar-refractivity contribution is -0.118. The van der Waals surface area contributed by atoms with Gasteiger partial charge in [-0.15, -0.1) is 0 Å². The first kappa shape index (κ1) is 13.3. The predicted molar refractivity (Wildman–Crippen MR) is 67.4 cm³/mol. The van der Waals surface area contributed by atoms with E-state index in [0.717, 1.165) is 13.0 Å². The highest BCUT2D eigenvalue weighted by atomic mass is 16.6. The van der Waals surface area contributed by atoms with Crippen LogP contribution in [0.5, 0.6) is 0 Å². The van der Waals surface area contributed by atoms with Crippen LogP contribution in [0.25, 0.3) is 0 Å². The predicted octanol–water partition coefficient (Wildman–Crippen LogP) is 1.64. The summed E-state index contributed by atoms with van der Waals surface area (Å²) in [5.41, 5.74) is 3.43. The molecular formula is C13H26N2O2. The summed E-state index contributed by atoms with van der Waals surface area (Å²) < 4.78 is 5.25. The Morgan fingerprint density at radius 1 is 1.24 bits per heavy atom.